The highest BCUT2D eigenvalue weighted by Gasteiger charge is 1.95. The van der Waals surface area contributed by atoms with Crippen LogP contribution in [0.4, 0.5) is 0 Å². The third kappa shape index (κ3) is 1.30. The van der Waals surface area contributed by atoms with E-state index in [9.17, 15) is 0 Å². The van der Waals surface area contributed by atoms with Crippen molar-refractivity contribution in [3.63, 3.8) is 0 Å². The Balaban J connectivity index is 2.46. The van der Waals surface area contributed by atoms with Crippen LogP contribution in [0.2, 0.25) is 0 Å². The van der Waals surface area contributed by atoms with Crippen LogP contribution in [-0.2, 0) is 0 Å². The molecule has 0 saturated heterocycles. The lowest BCUT2D eigenvalue weighted by Crippen LogP contribution is -1.72. The fraction of sp³-hybridized carbons (Fsp3) is 0. The molecule has 2 aromatic heterocycles. The summed E-state index contributed by atoms with van der Waals surface area (Å²) in [7, 11) is 0. The van der Waals surface area contributed by atoms with E-state index in [1.165, 1.54) is 4.88 Å². The van der Waals surface area contributed by atoms with Gasteiger partial charge in [0.05, 0.1) is 6.20 Å². The molecule has 0 aliphatic rings. The summed E-state index contributed by atoms with van der Waals surface area (Å²) in [5.74, 6) is 0. The van der Waals surface area contributed by atoms with Gasteiger partial charge in [0.2, 0.25) is 0 Å². The van der Waals surface area contributed by atoms with E-state index in [-0.39, 0.29) is 0 Å². The van der Waals surface area contributed by atoms with Gasteiger partial charge in [0.15, 0.2) is 0 Å². The maximum atomic E-state index is 3.91. The van der Waals surface area contributed by atoms with Crippen molar-refractivity contribution in [2.24, 2.45) is 0 Å². The summed E-state index contributed by atoms with van der Waals surface area (Å²) in [6.07, 6.45) is 4.54. The molecule has 0 spiro atoms. The summed E-state index contributed by atoms with van der Waals surface area (Å²) in [4.78, 5) is 5.11. The van der Waals surface area contributed by atoms with Gasteiger partial charge in [-0.3, -0.25) is 4.98 Å². The van der Waals surface area contributed by atoms with E-state index >= 15 is 0 Å². The SMILES string of the molecule is [c]1ccc(-c2cc[c]s2)cn1. The minimum Gasteiger partial charge on any atom is -0.254 e. The van der Waals surface area contributed by atoms with Crippen LogP contribution in [0.5, 0.6) is 0 Å². The van der Waals surface area contributed by atoms with Crippen LogP contribution in [0.1, 0.15) is 0 Å². The van der Waals surface area contributed by atoms with Crippen molar-refractivity contribution in [3.8, 4) is 10.4 Å². The maximum absolute atomic E-state index is 3.91. The molecule has 0 fully saturated rings. The van der Waals surface area contributed by atoms with Gasteiger partial charge in [-0.2, -0.15) is 0 Å². The second-order valence-electron chi connectivity index (χ2n) is 2.09. The number of nitrogens with zero attached hydrogens (tertiary/aromatic N) is 1. The highest BCUT2D eigenvalue weighted by molar-refractivity contribution is 7.13. The van der Waals surface area contributed by atoms with E-state index in [2.05, 4.69) is 16.6 Å². The van der Waals surface area contributed by atoms with Crippen molar-refractivity contribution < 1.29 is 0 Å². The zero-order valence-corrected chi connectivity index (χ0v) is 6.56. The molecule has 11 heavy (non-hydrogen) atoms. The van der Waals surface area contributed by atoms with Gasteiger partial charge in [-0.1, -0.05) is 0 Å². The van der Waals surface area contributed by atoms with Gasteiger partial charge in [0, 0.05) is 22.0 Å². The first-order valence-electron chi connectivity index (χ1n) is 3.25. The predicted octanol–water partition coefficient (Wildman–Crippen LogP) is 2.41. The molecule has 2 heterocycles. The van der Waals surface area contributed by atoms with Crippen molar-refractivity contribution in [1.29, 1.82) is 0 Å². The van der Waals surface area contributed by atoms with Crippen LogP contribution in [-0.4, -0.2) is 4.98 Å². The highest BCUT2D eigenvalue weighted by Crippen LogP contribution is 2.22. The van der Waals surface area contributed by atoms with Crippen LogP contribution in [0.25, 0.3) is 10.4 Å². The van der Waals surface area contributed by atoms with Gasteiger partial charge >= 0.3 is 0 Å². The fourth-order valence-corrected chi connectivity index (χ4v) is 1.50. The smallest absolute Gasteiger partial charge is 0.0886 e. The lowest BCUT2D eigenvalue weighted by atomic mass is 10.2. The molecule has 0 amide bonds. The number of rotatable bonds is 1. The van der Waals surface area contributed by atoms with E-state index in [1.807, 2.05) is 24.3 Å². The van der Waals surface area contributed by atoms with Gasteiger partial charge < -0.3 is 0 Å². The lowest BCUT2D eigenvalue weighted by Gasteiger charge is -1.91. The summed E-state index contributed by atoms with van der Waals surface area (Å²) in [5.41, 5.74) is 1.13. The summed E-state index contributed by atoms with van der Waals surface area (Å²) in [6.45, 7) is 0. The number of pyridine rings is 1. The molecule has 2 rings (SSSR count). The third-order valence-electron chi connectivity index (χ3n) is 1.37. The Labute approximate surface area is 69.3 Å². The molecule has 0 aliphatic carbocycles. The second-order valence-corrected chi connectivity index (χ2v) is 2.97. The minimum atomic E-state index is 1.13. The van der Waals surface area contributed by atoms with Gasteiger partial charge in [-0.05, 0) is 24.3 Å². The van der Waals surface area contributed by atoms with Gasteiger partial charge in [0.1, 0.15) is 0 Å². The van der Waals surface area contributed by atoms with Gasteiger partial charge in [0.25, 0.3) is 0 Å². The molecule has 2 aromatic rings. The van der Waals surface area contributed by atoms with E-state index in [0.29, 0.717) is 0 Å². The van der Waals surface area contributed by atoms with Crippen molar-refractivity contribution >= 4 is 11.3 Å². The monoisotopic (exact) mass is 159 g/mol. The molecule has 2 radical (unpaired) electrons. The molecule has 2 heteroatoms. The summed E-state index contributed by atoms with van der Waals surface area (Å²) >= 11 is 1.60. The predicted molar refractivity (Wildman–Crippen MR) is 45.2 cm³/mol. The molecule has 0 N–H and O–H groups in total. The quantitative estimate of drug-likeness (QED) is 0.622. The Morgan fingerprint density at radius 2 is 2.27 bits per heavy atom. The normalized spacial score (nSPS) is 9.82. The molecule has 0 bridgehead atoms. The van der Waals surface area contributed by atoms with Gasteiger partial charge in [-0.15, -0.1) is 11.3 Å². The van der Waals surface area contributed by atoms with Crippen molar-refractivity contribution in [3.05, 3.63) is 42.0 Å². The Morgan fingerprint density at radius 3 is 2.91 bits per heavy atom. The van der Waals surface area contributed by atoms with E-state index in [0.717, 1.165) is 5.56 Å². The van der Waals surface area contributed by atoms with Crippen molar-refractivity contribution in [2.75, 3.05) is 0 Å². The molecule has 0 aromatic carbocycles. The number of aromatic nitrogens is 1. The second kappa shape index (κ2) is 2.84. The zero-order chi connectivity index (χ0) is 7.52. The zero-order valence-electron chi connectivity index (χ0n) is 5.74. The molecule has 0 atom stereocenters. The third-order valence-corrected chi connectivity index (χ3v) is 2.22. The molecule has 0 aliphatic heterocycles. The van der Waals surface area contributed by atoms with Crippen LogP contribution in [0.15, 0.2) is 30.5 Å². The standard InChI is InChI=1S/C9H5NS/c1-3-8(7-10-5-1)9-4-2-6-11-9/h1-4,7H. The van der Waals surface area contributed by atoms with E-state index < -0.39 is 0 Å². The van der Waals surface area contributed by atoms with Crippen molar-refractivity contribution in [1.82, 2.24) is 4.98 Å². The maximum Gasteiger partial charge on any atom is 0.0886 e. The fourth-order valence-electron chi connectivity index (χ4n) is 0.862. The molecule has 52 valence electrons. The molecule has 0 saturated carbocycles. The van der Waals surface area contributed by atoms with Crippen LogP contribution in [0.3, 0.4) is 0 Å². The summed E-state index contributed by atoms with van der Waals surface area (Å²) < 4.78 is 0. The number of thiophene rings is 1. The first-order chi connectivity index (χ1) is 5.47. The first-order valence-corrected chi connectivity index (χ1v) is 4.07. The Bertz CT molecular complexity index is 313. The van der Waals surface area contributed by atoms with Crippen LogP contribution < -0.4 is 0 Å². The minimum absolute atomic E-state index is 1.13. The van der Waals surface area contributed by atoms with Crippen molar-refractivity contribution in [2.45, 2.75) is 0 Å². The van der Waals surface area contributed by atoms with Crippen LogP contribution in [0, 0.1) is 11.6 Å². The van der Waals surface area contributed by atoms with E-state index in [4.69, 9.17) is 0 Å². The number of hydrogen-bond donors (Lipinski definition) is 0. The Morgan fingerprint density at radius 1 is 1.27 bits per heavy atom. The molecule has 1 nitrogen and oxygen atoms in total. The largest absolute Gasteiger partial charge is 0.254 e. The summed E-state index contributed by atoms with van der Waals surface area (Å²) in [6, 6.07) is 7.75. The highest BCUT2D eigenvalue weighted by atomic mass is 32.1. The first kappa shape index (κ1) is 6.55. The molecular weight excluding hydrogens is 154 g/mol. The lowest BCUT2D eigenvalue weighted by molar-refractivity contribution is 1.32. The topological polar surface area (TPSA) is 12.9 Å². The van der Waals surface area contributed by atoms with Crippen LogP contribution >= 0.6 is 11.3 Å². The Hall–Kier alpha value is -1.15. The molecular formula is C9H5NS. The average molecular weight is 159 g/mol. The van der Waals surface area contributed by atoms with Gasteiger partial charge in [-0.25, -0.2) is 0 Å². The summed E-state index contributed by atoms with van der Waals surface area (Å²) in [5, 5.41) is 3.03. The van der Waals surface area contributed by atoms with E-state index in [1.54, 1.807) is 17.5 Å². The average Bonchev–Trinajstić information content (AvgIpc) is 2.58. The molecule has 0 unspecified atom stereocenters. The number of hydrogen-bond acceptors (Lipinski definition) is 2. The Kier molecular flexibility index (Phi) is 1.69.